The van der Waals surface area contributed by atoms with Gasteiger partial charge in [-0.3, -0.25) is 0 Å². The highest BCUT2D eigenvalue weighted by molar-refractivity contribution is 7.09. The van der Waals surface area contributed by atoms with Crippen molar-refractivity contribution in [1.29, 1.82) is 0 Å². The van der Waals surface area contributed by atoms with Crippen LogP contribution in [0.15, 0.2) is 60.1 Å². The summed E-state index contributed by atoms with van der Waals surface area (Å²) in [5.41, 5.74) is 6.82. The number of hydrogen-bond acceptors (Lipinski definition) is 4. The van der Waals surface area contributed by atoms with Gasteiger partial charge in [0.25, 0.3) is 0 Å². The largest absolute Gasteiger partial charge is 0.480 e. The third-order valence-corrected chi connectivity index (χ3v) is 6.49. The number of allylic oxidation sites excluding steroid dienone is 1. The second-order valence-corrected chi connectivity index (χ2v) is 9.09. The lowest BCUT2D eigenvalue weighted by molar-refractivity contribution is -0.141. The van der Waals surface area contributed by atoms with Gasteiger partial charge in [-0.2, -0.15) is 0 Å². The molecule has 31 heavy (non-hydrogen) atoms. The molecule has 0 aliphatic rings. The minimum absolute atomic E-state index is 0.261. The SMILES string of the molecule is CCCCc1ncc(C/C=C/C(N)(Cc2cccs2)C(=O)O)n1Cc1ccccc1Cl. The molecule has 0 bridgehead atoms. The van der Waals surface area contributed by atoms with Crippen molar-refractivity contribution >= 4 is 28.9 Å². The molecule has 0 aliphatic carbocycles. The Hall–Kier alpha value is -2.41. The van der Waals surface area contributed by atoms with Crippen molar-refractivity contribution in [1.82, 2.24) is 9.55 Å². The first-order valence-corrected chi connectivity index (χ1v) is 11.7. The number of aromatic nitrogens is 2. The third-order valence-electron chi connectivity index (χ3n) is 5.25. The van der Waals surface area contributed by atoms with Crippen LogP contribution < -0.4 is 5.73 Å². The first kappa shape index (κ1) is 23.3. The topological polar surface area (TPSA) is 81.1 Å². The predicted molar refractivity (Wildman–Crippen MR) is 127 cm³/mol. The van der Waals surface area contributed by atoms with Crippen molar-refractivity contribution in [2.24, 2.45) is 5.73 Å². The fraction of sp³-hybridized carbons (Fsp3) is 0.333. The molecule has 1 atom stereocenters. The van der Waals surface area contributed by atoms with Crippen molar-refractivity contribution in [2.45, 2.75) is 51.1 Å². The van der Waals surface area contributed by atoms with Crippen molar-refractivity contribution in [3.63, 3.8) is 0 Å². The summed E-state index contributed by atoms with van der Waals surface area (Å²) >= 11 is 7.90. The molecule has 5 nitrogen and oxygen atoms in total. The lowest BCUT2D eigenvalue weighted by atomic mass is 9.94. The lowest BCUT2D eigenvalue weighted by Gasteiger charge is -2.20. The predicted octanol–water partition coefficient (Wildman–Crippen LogP) is 5.11. The molecular formula is C24H28ClN3O2S. The smallest absolute Gasteiger partial charge is 0.328 e. The highest BCUT2D eigenvalue weighted by atomic mass is 35.5. The first-order chi connectivity index (χ1) is 14.9. The fourth-order valence-electron chi connectivity index (χ4n) is 3.44. The lowest BCUT2D eigenvalue weighted by Crippen LogP contribution is -2.48. The second kappa shape index (κ2) is 10.8. The monoisotopic (exact) mass is 457 g/mol. The van der Waals surface area contributed by atoms with E-state index in [-0.39, 0.29) is 6.42 Å². The Bertz CT molecular complexity index is 1030. The molecular weight excluding hydrogens is 430 g/mol. The van der Waals surface area contributed by atoms with E-state index in [0.717, 1.165) is 46.2 Å². The van der Waals surface area contributed by atoms with Crippen LogP contribution in [-0.4, -0.2) is 26.2 Å². The number of hydrogen-bond donors (Lipinski definition) is 2. The Labute approximate surface area is 192 Å². The molecule has 0 saturated heterocycles. The molecule has 2 heterocycles. The number of benzene rings is 1. The van der Waals surface area contributed by atoms with E-state index >= 15 is 0 Å². The number of unbranched alkanes of at least 4 members (excludes halogenated alkanes) is 1. The van der Waals surface area contributed by atoms with Crippen LogP contribution in [0.4, 0.5) is 0 Å². The number of imidazole rings is 1. The molecule has 2 aromatic heterocycles. The molecule has 1 aromatic carbocycles. The standard InChI is InChI=1S/C24H28ClN3O2S/c1-2-3-12-22-27-16-19(28(22)17-18-8-4-5-11-21(18)25)9-6-13-24(26,23(29)30)15-20-10-7-14-31-20/h4-8,10-11,13-14,16H,2-3,9,12,15,17,26H2,1H3,(H,29,30)/b13-6+. The van der Waals surface area contributed by atoms with Crippen LogP contribution in [0.1, 0.15) is 41.7 Å². The minimum atomic E-state index is -1.44. The normalized spacial score (nSPS) is 13.5. The van der Waals surface area contributed by atoms with Gasteiger partial charge >= 0.3 is 5.97 Å². The number of nitrogens with zero attached hydrogens (tertiary/aromatic N) is 2. The molecule has 0 amide bonds. The summed E-state index contributed by atoms with van der Waals surface area (Å²) in [6.07, 6.45) is 9.14. The number of thiophene rings is 1. The van der Waals surface area contributed by atoms with E-state index in [4.69, 9.17) is 17.3 Å². The number of halogens is 1. The van der Waals surface area contributed by atoms with E-state index in [1.807, 2.05) is 54.1 Å². The highest BCUT2D eigenvalue weighted by Gasteiger charge is 2.31. The molecule has 1 unspecified atom stereocenters. The van der Waals surface area contributed by atoms with Crippen LogP contribution in [0.3, 0.4) is 0 Å². The fourth-order valence-corrected chi connectivity index (χ4v) is 4.45. The molecule has 0 radical (unpaired) electrons. The Morgan fingerprint density at radius 2 is 2.13 bits per heavy atom. The van der Waals surface area contributed by atoms with Gasteiger partial charge < -0.3 is 15.4 Å². The molecule has 3 aromatic rings. The Kier molecular flexibility index (Phi) is 8.07. The van der Waals surface area contributed by atoms with Gasteiger partial charge in [-0.1, -0.05) is 61.4 Å². The van der Waals surface area contributed by atoms with Crippen LogP contribution in [0, 0.1) is 0 Å². The van der Waals surface area contributed by atoms with E-state index in [2.05, 4.69) is 16.5 Å². The number of aliphatic carboxylic acids is 1. The van der Waals surface area contributed by atoms with Crippen LogP contribution in [0.25, 0.3) is 0 Å². The van der Waals surface area contributed by atoms with E-state index in [1.54, 1.807) is 6.08 Å². The van der Waals surface area contributed by atoms with Crippen molar-refractivity contribution in [3.05, 3.63) is 87.1 Å². The Morgan fingerprint density at radius 3 is 2.81 bits per heavy atom. The number of rotatable bonds is 11. The van der Waals surface area contributed by atoms with Gasteiger partial charge in [0.1, 0.15) is 11.4 Å². The molecule has 3 N–H and O–H groups in total. The quantitative estimate of drug-likeness (QED) is 0.392. The van der Waals surface area contributed by atoms with E-state index < -0.39 is 11.5 Å². The van der Waals surface area contributed by atoms with E-state index in [1.165, 1.54) is 11.3 Å². The zero-order valence-electron chi connectivity index (χ0n) is 17.6. The number of carbonyl (C=O) groups is 1. The van der Waals surface area contributed by atoms with Gasteiger partial charge in [0, 0.05) is 41.1 Å². The van der Waals surface area contributed by atoms with Crippen LogP contribution in [-0.2, 0) is 30.6 Å². The average molecular weight is 458 g/mol. The third kappa shape index (κ3) is 6.06. The van der Waals surface area contributed by atoms with Crippen LogP contribution >= 0.6 is 22.9 Å². The van der Waals surface area contributed by atoms with Gasteiger partial charge in [-0.15, -0.1) is 11.3 Å². The maximum Gasteiger partial charge on any atom is 0.328 e. The van der Waals surface area contributed by atoms with Crippen molar-refractivity contribution in [3.8, 4) is 0 Å². The maximum absolute atomic E-state index is 11.9. The summed E-state index contributed by atoms with van der Waals surface area (Å²) in [6, 6.07) is 11.6. The van der Waals surface area contributed by atoms with Gasteiger partial charge in [0.15, 0.2) is 0 Å². The minimum Gasteiger partial charge on any atom is -0.480 e. The average Bonchev–Trinajstić information content (AvgIpc) is 3.38. The van der Waals surface area contributed by atoms with E-state index in [9.17, 15) is 9.90 Å². The van der Waals surface area contributed by atoms with Gasteiger partial charge in [-0.25, -0.2) is 9.78 Å². The van der Waals surface area contributed by atoms with Crippen LogP contribution in [0.2, 0.25) is 5.02 Å². The zero-order valence-corrected chi connectivity index (χ0v) is 19.2. The summed E-state index contributed by atoms with van der Waals surface area (Å²) in [4.78, 5) is 17.4. The van der Waals surface area contributed by atoms with E-state index in [0.29, 0.717) is 13.0 Å². The Morgan fingerprint density at radius 1 is 1.32 bits per heavy atom. The summed E-state index contributed by atoms with van der Waals surface area (Å²) in [6.45, 7) is 2.79. The number of carboxylic acids is 1. The van der Waals surface area contributed by atoms with Gasteiger partial charge in [-0.05, 0) is 29.5 Å². The maximum atomic E-state index is 11.9. The summed E-state index contributed by atoms with van der Waals surface area (Å²) < 4.78 is 2.18. The highest BCUT2D eigenvalue weighted by Crippen LogP contribution is 2.21. The number of aryl methyl sites for hydroxylation is 1. The molecule has 0 saturated carbocycles. The summed E-state index contributed by atoms with van der Waals surface area (Å²) in [5.74, 6) is -0.0219. The molecule has 0 aliphatic heterocycles. The second-order valence-electron chi connectivity index (χ2n) is 7.66. The molecule has 7 heteroatoms. The van der Waals surface area contributed by atoms with Crippen molar-refractivity contribution in [2.75, 3.05) is 0 Å². The summed E-state index contributed by atoms with van der Waals surface area (Å²) in [5, 5.41) is 12.4. The summed E-state index contributed by atoms with van der Waals surface area (Å²) in [7, 11) is 0. The van der Waals surface area contributed by atoms with Crippen LogP contribution in [0.5, 0.6) is 0 Å². The Balaban J connectivity index is 1.82. The zero-order chi connectivity index (χ0) is 22.3. The number of carboxylic acid groups (broad SMARTS) is 1. The van der Waals surface area contributed by atoms with Gasteiger partial charge in [0.2, 0.25) is 0 Å². The molecule has 0 fully saturated rings. The molecule has 3 rings (SSSR count). The van der Waals surface area contributed by atoms with Gasteiger partial charge in [0.05, 0.1) is 6.54 Å². The number of nitrogens with two attached hydrogens (primary N) is 1. The van der Waals surface area contributed by atoms with Crippen molar-refractivity contribution < 1.29 is 9.90 Å². The molecule has 0 spiro atoms. The molecule has 164 valence electrons. The first-order valence-electron chi connectivity index (χ1n) is 10.4.